The molecule has 0 aromatic heterocycles. The van der Waals surface area contributed by atoms with Crippen LogP contribution in [0.15, 0.2) is 72.9 Å². The van der Waals surface area contributed by atoms with Crippen LogP contribution in [0.2, 0.25) is 0 Å². The number of esters is 2. The van der Waals surface area contributed by atoms with Crippen LogP contribution < -0.4 is 0 Å². The third kappa shape index (κ3) is 57.9. The molecule has 5 nitrogen and oxygen atoms in total. The monoisotopic (exact) mass is 977 g/mol. The molecule has 0 saturated carbocycles. The molecular weight excluding hydrogens is 861 g/mol. The fourth-order valence-electron chi connectivity index (χ4n) is 8.67. The van der Waals surface area contributed by atoms with E-state index in [1.807, 2.05) is 0 Å². The first-order valence-corrected chi connectivity index (χ1v) is 30.5. The van der Waals surface area contributed by atoms with Crippen LogP contribution in [0.3, 0.4) is 0 Å². The highest BCUT2D eigenvalue weighted by Gasteiger charge is 2.17. The van der Waals surface area contributed by atoms with Gasteiger partial charge in [0.2, 0.25) is 0 Å². The molecule has 0 aromatic rings. The first-order chi connectivity index (χ1) is 34.6. The Balaban J connectivity index is 4.30. The topological polar surface area (TPSA) is 61.8 Å². The molecule has 0 rings (SSSR count). The minimum Gasteiger partial charge on any atom is -0.462 e. The first kappa shape index (κ1) is 67.3. The van der Waals surface area contributed by atoms with Gasteiger partial charge in [0.1, 0.15) is 6.61 Å². The van der Waals surface area contributed by atoms with Crippen molar-refractivity contribution in [2.24, 2.45) is 0 Å². The lowest BCUT2D eigenvalue weighted by Gasteiger charge is -2.18. The maximum atomic E-state index is 12.9. The molecule has 0 aliphatic heterocycles. The summed E-state index contributed by atoms with van der Waals surface area (Å²) < 4.78 is 17.5. The Hall–Kier alpha value is -2.66. The Bertz CT molecular complexity index is 1240. The zero-order chi connectivity index (χ0) is 50.6. The van der Waals surface area contributed by atoms with Crippen LogP contribution in [0.1, 0.15) is 303 Å². The van der Waals surface area contributed by atoms with Crippen LogP contribution >= 0.6 is 0 Å². The second-order valence-electron chi connectivity index (χ2n) is 20.2. The van der Waals surface area contributed by atoms with Gasteiger partial charge in [0, 0.05) is 19.4 Å². The first-order valence-electron chi connectivity index (χ1n) is 30.5. The van der Waals surface area contributed by atoms with Gasteiger partial charge in [-0.25, -0.2) is 0 Å². The van der Waals surface area contributed by atoms with Crippen molar-refractivity contribution >= 4 is 11.9 Å². The highest BCUT2D eigenvalue weighted by molar-refractivity contribution is 5.70. The standard InChI is InChI=1S/C65H116O5/c1-4-7-10-13-16-19-22-25-28-31-32-33-36-39-42-45-48-51-54-57-60-68-61-63(70-65(67)59-56-53-50-47-44-41-38-35-30-27-24-21-18-15-12-9-6-3)62-69-64(66)58-55-52-49-46-43-40-37-34-29-26-23-20-17-14-11-8-5-2/h8,11,17,20,25-30,37,40,63H,4-7,9-10,12-16,18-19,21-24,31-36,38-39,41-62H2,1-3H3/b11-8-,20-17-,28-25-,29-26-,30-27-,40-37-. The van der Waals surface area contributed by atoms with Crippen LogP contribution in [-0.2, 0) is 23.8 Å². The fraction of sp³-hybridized carbons (Fsp3) is 0.785. The van der Waals surface area contributed by atoms with E-state index < -0.39 is 6.10 Å². The number of carbonyl (C=O) groups is 2. The second kappa shape index (κ2) is 60.6. The number of hydrogen-bond acceptors (Lipinski definition) is 5. The highest BCUT2D eigenvalue weighted by Crippen LogP contribution is 2.15. The van der Waals surface area contributed by atoms with Gasteiger partial charge in [0.25, 0.3) is 0 Å². The SMILES string of the molecule is CC/C=C\C/C=C\C/C=C\C/C=C\CCCCCCC(=O)OCC(COCCCCCCCCCCCC/C=C\CCCCCCCC)OC(=O)CCCCCCCCC/C=C\CCCCCCCC. The Labute approximate surface area is 436 Å². The van der Waals surface area contributed by atoms with Crippen LogP contribution in [-0.4, -0.2) is 37.9 Å². The van der Waals surface area contributed by atoms with Gasteiger partial charge in [-0.15, -0.1) is 0 Å². The minimum atomic E-state index is -0.552. The van der Waals surface area contributed by atoms with Gasteiger partial charge in [-0.1, -0.05) is 254 Å². The molecule has 0 fully saturated rings. The number of rotatable bonds is 56. The van der Waals surface area contributed by atoms with E-state index in [-0.39, 0.29) is 25.2 Å². The van der Waals surface area contributed by atoms with Gasteiger partial charge in [0.05, 0.1) is 6.61 Å². The molecule has 5 heteroatoms. The molecule has 0 bridgehead atoms. The van der Waals surface area contributed by atoms with Gasteiger partial charge in [0.15, 0.2) is 6.10 Å². The minimum absolute atomic E-state index is 0.0700. The van der Waals surface area contributed by atoms with Crippen molar-refractivity contribution in [2.45, 2.75) is 309 Å². The third-order valence-electron chi connectivity index (χ3n) is 13.2. The lowest BCUT2D eigenvalue weighted by atomic mass is 10.1. The van der Waals surface area contributed by atoms with Gasteiger partial charge in [-0.05, 0) is 109 Å². The van der Waals surface area contributed by atoms with Gasteiger partial charge in [-0.2, -0.15) is 0 Å². The predicted octanol–water partition coefficient (Wildman–Crippen LogP) is 21.0. The molecule has 0 aliphatic rings. The van der Waals surface area contributed by atoms with Crippen LogP contribution in [0.4, 0.5) is 0 Å². The molecule has 1 atom stereocenters. The number of allylic oxidation sites excluding steroid dienone is 12. The van der Waals surface area contributed by atoms with E-state index in [2.05, 4.69) is 93.7 Å². The van der Waals surface area contributed by atoms with Crippen molar-refractivity contribution < 1.29 is 23.8 Å². The molecule has 1 unspecified atom stereocenters. The maximum Gasteiger partial charge on any atom is 0.306 e. The summed E-state index contributed by atoms with van der Waals surface area (Å²) in [5.41, 5.74) is 0. The van der Waals surface area contributed by atoms with E-state index in [0.717, 1.165) is 89.9 Å². The zero-order valence-corrected chi connectivity index (χ0v) is 46.8. The molecule has 0 N–H and O–H groups in total. The molecule has 0 aromatic carbocycles. The Morgan fingerprint density at radius 2 is 0.643 bits per heavy atom. The number of hydrogen-bond donors (Lipinski definition) is 0. The summed E-state index contributed by atoms with van der Waals surface area (Å²) in [6.07, 6.45) is 79.3. The summed E-state index contributed by atoms with van der Waals surface area (Å²) >= 11 is 0. The zero-order valence-electron chi connectivity index (χ0n) is 46.8. The van der Waals surface area contributed by atoms with E-state index >= 15 is 0 Å². The van der Waals surface area contributed by atoms with Crippen molar-refractivity contribution in [2.75, 3.05) is 19.8 Å². The molecule has 0 spiro atoms. The Morgan fingerprint density at radius 3 is 1.04 bits per heavy atom. The second-order valence-corrected chi connectivity index (χ2v) is 20.2. The lowest BCUT2D eigenvalue weighted by molar-refractivity contribution is -0.163. The normalized spacial score (nSPS) is 12.7. The van der Waals surface area contributed by atoms with Crippen molar-refractivity contribution in [1.82, 2.24) is 0 Å². The smallest absolute Gasteiger partial charge is 0.306 e. The van der Waals surface area contributed by atoms with Crippen LogP contribution in [0.5, 0.6) is 0 Å². The summed E-state index contributed by atoms with van der Waals surface area (Å²) in [5, 5.41) is 0. The summed E-state index contributed by atoms with van der Waals surface area (Å²) in [6, 6.07) is 0. The van der Waals surface area contributed by atoms with Gasteiger partial charge in [-0.3, -0.25) is 9.59 Å². The van der Waals surface area contributed by atoms with Gasteiger partial charge < -0.3 is 14.2 Å². The highest BCUT2D eigenvalue weighted by atomic mass is 16.6. The molecule has 0 aliphatic carbocycles. The third-order valence-corrected chi connectivity index (χ3v) is 13.2. The summed E-state index contributed by atoms with van der Waals surface area (Å²) in [6.45, 7) is 7.71. The van der Waals surface area contributed by atoms with Crippen molar-refractivity contribution in [3.05, 3.63) is 72.9 Å². The number of unbranched alkanes of at least 4 members (excludes halogenated alkanes) is 33. The predicted molar refractivity (Wildman–Crippen MR) is 307 cm³/mol. The average molecular weight is 978 g/mol. The lowest BCUT2D eigenvalue weighted by Crippen LogP contribution is -2.30. The molecular formula is C65H116O5. The van der Waals surface area contributed by atoms with Crippen molar-refractivity contribution in [1.29, 1.82) is 0 Å². The summed E-state index contributed by atoms with van der Waals surface area (Å²) in [7, 11) is 0. The van der Waals surface area contributed by atoms with E-state index in [4.69, 9.17) is 14.2 Å². The fourth-order valence-corrected chi connectivity index (χ4v) is 8.67. The molecule has 406 valence electrons. The molecule has 70 heavy (non-hydrogen) atoms. The molecule has 0 saturated heterocycles. The van der Waals surface area contributed by atoms with E-state index in [1.54, 1.807) is 0 Å². The Kier molecular flexibility index (Phi) is 58.3. The number of ether oxygens (including phenoxy) is 3. The van der Waals surface area contributed by atoms with E-state index in [9.17, 15) is 9.59 Å². The van der Waals surface area contributed by atoms with Gasteiger partial charge >= 0.3 is 11.9 Å². The maximum absolute atomic E-state index is 12.9. The van der Waals surface area contributed by atoms with Crippen LogP contribution in [0, 0.1) is 0 Å². The van der Waals surface area contributed by atoms with Crippen molar-refractivity contribution in [3.63, 3.8) is 0 Å². The molecule has 0 heterocycles. The average Bonchev–Trinajstić information content (AvgIpc) is 3.36. The van der Waals surface area contributed by atoms with E-state index in [0.29, 0.717) is 19.4 Å². The quantitative estimate of drug-likeness (QED) is 0.0345. The van der Waals surface area contributed by atoms with E-state index in [1.165, 1.54) is 180 Å². The Morgan fingerprint density at radius 1 is 0.329 bits per heavy atom. The summed E-state index contributed by atoms with van der Waals surface area (Å²) in [4.78, 5) is 25.6. The molecule has 0 radical (unpaired) electrons. The summed E-state index contributed by atoms with van der Waals surface area (Å²) in [5.74, 6) is -0.420. The van der Waals surface area contributed by atoms with Crippen LogP contribution in [0.25, 0.3) is 0 Å². The molecule has 0 amide bonds. The largest absolute Gasteiger partial charge is 0.462 e. The van der Waals surface area contributed by atoms with Crippen molar-refractivity contribution in [3.8, 4) is 0 Å². The number of carbonyl (C=O) groups excluding carboxylic acids is 2.